The SMILES string of the molecule is CC1CC(NCc2ccn(C)n2)CN1C1CC1. The summed E-state index contributed by atoms with van der Waals surface area (Å²) < 4.78 is 1.87. The van der Waals surface area contributed by atoms with E-state index in [1.807, 2.05) is 17.9 Å². The molecule has 1 N–H and O–H groups in total. The first-order chi connectivity index (χ1) is 8.22. The maximum atomic E-state index is 4.40. The highest BCUT2D eigenvalue weighted by Gasteiger charge is 2.38. The lowest BCUT2D eigenvalue weighted by molar-refractivity contribution is 0.255. The third-order valence-corrected chi connectivity index (χ3v) is 3.98. The number of nitrogens with one attached hydrogen (secondary N) is 1. The van der Waals surface area contributed by atoms with Gasteiger partial charge in [0.2, 0.25) is 0 Å². The molecule has 0 radical (unpaired) electrons. The average Bonchev–Trinajstić information content (AvgIpc) is 2.95. The van der Waals surface area contributed by atoms with E-state index in [1.165, 1.54) is 25.8 Å². The van der Waals surface area contributed by atoms with Gasteiger partial charge in [-0.15, -0.1) is 0 Å². The lowest BCUT2D eigenvalue weighted by atomic mass is 10.2. The van der Waals surface area contributed by atoms with E-state index >= 15 is 0 Å². The van der Waals surface area contributed by atoms with Crippen molar-refractivity contribution in [1.29, 1.82) is 0 Å². The van der Waals surface area contributed by atoms with Crippen molar-refractivity contribution in [3.63, 3.8) is 0 Å². The summed E-state index contributed by atoms with van der Waals surface area (Å²) >= 11 is 0. The van der Waals surface area contributed by atoms with Crippen molar-refractivity contribution in [2.45, 2.75) is 50.9 Å². The van der Waals surface area contributed by atoms with E-state index in [4.69, 9.17) is 0 Å². The van der Waals surface area contributed by atoms with Crippen LogP contribution >= 0.6 is 0 Å². The first-order valence-electron chi connectivity index (χ1n) is 6.70. The maximum absolute atomic E-state index is 4.40. The second-order valence-electron chi connectivity index (χ2n) is 5.57. The molecule has 4 heteroatoms. The van der Waals surface area contributed by atoms with Crippen molar-refractivity contribution in [3.8, 4) is 0 Å². The molecule has 1 saturated carbocycles. The molecule has 0 aromatic carbocycles. The molecule has 1 saturated heterocycles. The van der Waals surface area contributed by atoms with E-state index in [0.29, 0.717) is 6.04 Å². The van der Waals surface area contributed by atoms with E-state index in [9.17, 15) is 0 Å². The van der Waals surface area contributed by atoms with Crippen molar-refractivity contribution >= 4 is 0 Å². The van der Waals surface area contributed by atoms with E-state index in [-0.39, 0.29) is 0 Å². The van der Waals surface area contributed by atoms with Crippen LogP contribution in [0.1, 0.15) is 31.9 Å². The van der Waals surface area contributed by atoms with E-state index < -0.39 is 0 Å². The summed E-state index contributed by atoms with van der Waals surface area (Å²) in [5, 5.41) is 8.03. The number of aryl methyl sites for hydroxylation is 1. The second-order valence-corrected chi connectivity index (χ2v) is 5.57. The Morgan fingerprint density at radius 1 is 1.47 bits per heavy atom. The third kappa shape index (κ3) is 2.53. The molecule has 2 aliphatic rings. The molecule has 0 bridgehead atoms. The zero-order valence-corrected chi connectivity index (χ0v) is 10.8. The van der Waals surface area contributed by atoms with Gasteiger partial charge in [0.05, 0.1) is 5.69 Å². The minimum absolute atomic E-state index is 0.646. The molecule has 2 fully saturated rings. The molecule has 0 amide bonds. The summed E-state index contributed by atoms with van der Waals surface area (Å²) in [6.07, 6.45) is 6.11. The fourth-order valence-electron chi connectivity index (χ4n) is 2.93. The van der Waals surface area contributed by atoms with Gasteiger partial charge in [0, 0.05) is 44.5 Å². The summed E-state index contributed by atoms with van der Waals surface area (Å²) in [6.45, 7) is 4.48. The van der Waals surface area contributed by atoms with Crippen LogP contribution in [0.4, 0.5) is 0 Å². The molecule has 1 aromatic heterocycles. The summed E-state index contributed by atoms with van der Waals surface area (Å²) in [5.41, 5.74) is 1.14. The first-order valence-corrected chi connectivity index (χ1v) is 6.70. The van der Waals surface area contributed by atoms with Gasteiger partial charge in [-0.1, -0.05) is 0 Å². The number of nitrogens with zero attached hydrogens (tertiary/aromatic N) is 3. The molecule has 94 valence electrons. The standard InChI is InChI=1S/C13H22N4/c1-10-7-12(9-17(10)13-3-4-13)14-8-11-5-6-16(2)15-11/h5-6,10,12-14H,3-4,7-9H2,1-2H3. The highest BCUT2D eigenvalue weighted by molar-refractivity contribution is 5.00. The highest BCUT2D eigenvalue weighted by Crippen LogP contribution is 2.33. The molecule has 4 nitrogen and oxygen atoms in total. The van der Waals surface area contributed by atoms with Crippen molar-refractivity contribution in [3.05, 3.63) is 18.0 Å². The Bertz CT molecular complexity index is 383. The van der Waals surface area contributed by atoms with Gasteiger partial charge in [-0.05, 0) is 32.3 Å². The molecular weight excluding hydrogens is 212 g/mol. The maximum Gasteiger partial charge on any atom is 0.0762 e. The molecule has 1 aromatic rings. The molecule has 2 atom stereocenters. The predicted octanol–water partition coefficient (Wildman–Crippen LogP) is 1.13. The molecule has 2 heterocycles. The fraction of sp³-hybridized carbons (Fsp3) is 0.769. The van der Waals surface area contributed by atoms with Gasteiger partial charge in [0.1, 0.15) is 0 Å². The highest BCUT2D eigenvalue weighted by atomic mass is 15.3. The van der Waals surface area contributed by atoms with Gasteiger partial charge < -0.3 is 5.32 Å². The van der Waals surface area contributed by atoms with Gasteiger partial charge in [-0.25, -0.2) is 0 Å². The lowest BCUT2D eigenvalue weighted by Crippen LogP contribution is -2.33. The van der Waals surface area contributed by atoms with Crippen LogP contribution in [0.2, 0.25) is 0 Å². The monoisotopic (exact) mass is 234 g/mol. The second kappa shape index (κ2) is 4.42. The van der Waals surface area contributed by atoms with Crippen LogP contribution < -0.4 is 5.32 Å². The average molecular weight is 234 g/mol. The Kier molecular flexibility index (Phi) is 2.92. The number of hydrogen-bond donors (Lipinski definition) is 1. The molecule has 1 aliphatic carbocycles. The van der Waals surface area contributed by atoms with Crippen molar-refractivity contribution < 1.29 is 0 Å². The molecule has 17 heavy (non-hydrogen) atoms. The molecule has 1 aliphatic heterocycles. The van der Waals surface area contributed by atoms with Gasteiger partial charge >= 0.3 is 0 Å². The number of aromatic nitrogens is 2. The summed E-state index contributed by atoms with van der Waals surface area (Å²) in [4.78, 5) is 2.68. The van der Waals surface area contributed by atoms with E-state index in [0.717, 1.165) is 24.3 Å². The van der Waals surface area contributed by atoms with Crippen molar-refractivity contribution in [2.75, 3.05) is 6.54 Å². The number of rotatable bonds is 4. The fourth-order valence-corrected chi connectivity index (χ4v) is 2.93. The number of likely N-dealkylation sites (tertiary alicyclic amines) is 1. The molecule has 3 rings (SSSR count). The van der Waals surface area contributed by atoms with Crippen molar-refractivity contribution in [2.24, 2.45) is 7.05 Å². The predicted molar refractivity (Wildman–Crippen MR) is 67.6 cm³/mol. The molecular formula is C13H22N4. The minimum atomic E-state index is 0.646. The van der Waals surface area contributed by atoms with E-state index in [1.54, 1.807) is 0 Å². The van der Waals surface area contributed by atoms with Crippen LogP contribution in [-0.4, -0.2) is 39.4 Å². The normalized spacial score (nSPS) is 30.0. The largest absolute Gasteiger partial charge is 0.307 e. The smallest absolute Gasteiger partial charge is 0.0762 e. The van der Waals surface area contributed by atoms with Gasteiger partial charge in [-0.3, -0.25) is 9.58 Å². The van der Waals surface area contributed by atoms with Crippen LogP contribution in [-0.2, 0) is 13.6 Å². The molecule has 2 unspecified atom stereocenters. The zero-order chi connectivity index (χ0) is 11.8. The summed E-state index contributed by atoms with van der Waals surface area (Å²) in [7, 11) is 1.97. The Morgan fingerprint density at radius 3 is 2.94 bits per heavy atom. The van der Waals surface area contributed by atoms with E-state index in [2.05, 4.69) is 28.3 Å². The Morgan fingerprint density at radius 2 is 2.29 bits per heavy atom. The Balaban J connectivity index is 1.49. The Labute approximate surface area is 103 Å². The summed E-state index contributed by atoms with van der Waals surface area (Å²) in [5.74, 6) is 0. The van der Waals surface area contributed by atoms with Crippen LogP contribution in [0.25, 0.3) is 0 Å². The minimum Gasteiger partial charge on any atom is -0.307 e. The Hall–Kier alpha value is -0.870. The molecule has 0 spiro atoms. The lowest BCUT2D eigenvalue weighted by Gasteiger charge is -2.19. The van der Waals surface area contributed by atoms with Gasteiger partial charge in [-0.2, -0.15) is 5.10 Å². The topological polar surface area (TPSA) is 33.1 Å². The van der Waals surface area contributed by atoms with Crippen molar-refractivity contribution in [1.82, 2.24) is 20.0 Å². The third-order valence-electron chi connectivity index (χ3n) is 3.98. The number of hydrogen-bond acceptors (Lipinski definition) is 3. The van der Waals surface area contributed by atoms with Crippen LogP contribution in [0.3, 0.4) is 0 Å². The van der Waals surface area contributed by atoms with Gasteiger partial charge in [0.25, 0.3) is 0 Å². The van der Waals surface area contributed by atoms with Gasteiger partial charge in [0.15, 0.2) is 0 Å². The van der Waals surface area contributed by atoms with Crippen LogP contribution in [0.5, 0.6) is 0 Å². The zero-order valence-electron chi connectivity index (χ0n) is 10.8. The quantitative estimate of drug-likeness (QED) is 0.848. The van der Waals surface area contributed by atoms with Crippen LogP contribution in [0.15, 0.2) is 12.3 Å². The summed E-state index contributed by atoms with van der Waals surface area (Å²) in [6, 6.07) is 4.38. The van der Waals surface area contributed by atoms with Crippen LogP contribution in [0, 0.1) is 0 Å². The first kappa shape index (κ1) is 11.2.